The minimum absolute atomic E-state index is 0.0196. The summed E-state index contributed by atoms with van der Waals surface area (Å²) >= 11 is 0. The van der Waals surface area contributed by atoms with Gasteiger partial charge in [-0.2, -0.15) is 0 Å². The number of nitrogens with zero attached hydrogens (tertiary/aromatic N) is 1. The van der Waals surface area contributed by atoms with Crippen molar-refractivity contribution in [2.45, 2.75) is 39.2 Å². The first kappa shape index (κ1) is 22.8. The van der Waals surface area contributed by atoms with Gasteiger partial charge in [-0.15, -0.1) is 0 Å². The molecular weight excluding hydrogens is 344 g/mol. The first-order chi connectivity index (χ1) is 13.0. The van der Waals surface area contributed by atoms with E-state index in [4.69, 9.17) is 4.74 Å². The van der Waals surface area contributed by atoms with Gasteiger partial charge in [0.15, 0.2) is 5.96 Å². The van der Waals surface area contributed by atoms with Crippen molar-refractivity contribution in [1.82, 2.24) is 16.0 Å². The molecule has 0 aromatic heterocycles. The number of guanidine groups is 1. The number of aliphatic hydroxyl groups is 1. The van der Waals surface area contributed by atoms with Crippen LogP contribution in [0.2, 0.25) is 0 Å². The lowest BCUT2D eigenvalue weighted by Crippen LogP contribution is -2.48. The van der Waals surface area contributed by atoms with Crippen molar-refractivity contribution in [2.75, 3.05) is 33.4 Å². The highest BCUT2D eigenvalue weighted by atomic mass is 16.5. The van der Waals surface area contributed by atoms with E-state index >= 15 is 0 Å². The van der Waals surface area contributed by atoms with Crippen LogP contribution in [-0.4, -0.2) is 56.6 Å². The van der Waals surface area contributed by atoms with Crippen molar-refractivity contribution >= 4 is 12.1 Å². The molecular formula is C20H34N4O3. The maximum atomic E-state index is 11.7. The molecule has 0 radical (unpaired) electrons. The van der Waals surface area contributed by atoms with E-state index in [1.807, 2.05) is 30.3 Å². The van der Waals surface area contributed by atoms with E-state index in [1.54, 1.807) is 14.0 Å². The summed E-state index contributed by atoms with van der Waals surface area (Å²) in [5.74, 6) is 1.04. The Morgan fingerprint density at radius 2 is 1.85 bits per heavy atom. The van der Waals surface area contributed by atoms with E-state index in [2.05, 4.69) is 34.8 Å². The zero-order chi connectivity index (χ0) is 20.1. The number of benzene rings is 1. The molecule has 27 heavy (non-hydrogen) atoms. The van der Waals surface area contributed by atoms with Crippen LogP contribution in [0.4, 0.5) is 4.79 Å². The first-order valence-corrected chi connectivity index (χ1v) is 9.53. The van der Waals surface area contributed by atoms with Crippen molar-refractivity contribution in [1.29, 1.82) is 0 Å². The number of alkyl carbamates (subject to hydrolysis) is 1. The van der Waals surface area contributed by atoms with Crippen LogP contribution in [0.1, 0.15) is 38.7 Å². The summed E-state index contributed by atoms with van der Waals surface area (Å²) in [5.41, 5.74) is 1.07. The summed E-state index contributed by atoms with van der Waals surface area (Å²) < 4.78 is 4.98. The average Bonchev–Trinajstić information content (AvgIpc) is 2.65. The highest BCUT2D eigenvalue weighted by Crippen LogP contribution is 2.13. The Hall–Kier alpha value is -2.28. The van der Waals surface area contributed by atoms with Crippen molar-refractivity contribution < 1.29 is 14.6 Å². The number of ether oxygens (including phenoxy) is 1. The summed E-state index contributed by atoms with van der Waals surface area (Å²) in [6.07, 6.45) is 0.420. The monoisotopic (exact) mass is 378 g/mol. The number of aliphatic hydroxyl groups excluding tert-OH is 1. The summed E-state index contributed by atoms with van der Waals surface area (Å²) in [6.45, 7) is 7.49. The van der Waals surface area contributed by atoms with Crippen LogP contribution < -0.4 is 16.0 Å². The largest absolute Gasteiger partial charge is 0.450 e. The van der Waals surface area contributed by atoms with Crippen LogP contribution in [0.25, 0.3) is 0 Å². The fourth-order valence-electron chi connectivity index (χ4n) is 2.78. The topological polar surface area (TPSA) is 95.0 Å². The predicted molar refractivity (Wildman–Crippen MR) is 109 cm³/mol. The molecule has 1 aromatic carbocycles. The van der Waals surface area contributed by atoms with Gasteiger partial charge in [-0.1, -0.05) is 44.2 Å². The molecule has 0 heterocycles. The number of hydrogen-bond donors (Lipinski definition) is 4. The van der Waals surface area contributed by atoms with Gasteiger partial charge in [-0.25, -0.2) is 4.79 Å². The molecule has 1 aromatic rings. The van der Waals surface area contributed by atoms with E-state index in [9.17, 15) is 9.90 Å². The Balaban J connectivity index is 2.55. The Morgan fingerprint density at radius 3 is 2.41 bits per heavy atom. The van der Waals surface area contributed by atoms with Crippen molar-refractivity contribution in [3.05, 3.63) is 35.9 Å². The standard InChI is InChI=1S/C20H34N4O3/c1-5-27-20(26)24-18(11-15(2)3)13-23-19(21-4)22-12-17(14-25)16-9-7-6-8-10-16/h6-10,15,17-18,25H,5,11-14H2,1-4H3,(H,24,26)(H2,21,22,23). The summed E-state index contributed by atoms with van der Waals surface area (Å²) in [6, 6.07) is 9.81. The molecule has 7 heteroatoms. The molecule has 0 aliphatic carbocycles. The minimum atomic E-state index is -0.405. The third-order valence-electron chi connectivity index (χ3n) is 4.10. The lowest BCUT2D eigenvalue weighted by Gasteiger charge is -2.23. The third-order valence-corrected chi connectivity index (χ3v) is 4.10. The van der Waals surface area contributed by atoms with Crippen LogP contribution in [0.15, 0.2) is 35.3 Å². The Kier molecular flexibility index (Phi) is 10.9. The number of amides is 1. The molecule has 2 unspecified atom stereocenters. The van der Waals surface area contributed by atoms with Crippen LogP contribution in [0.3, 0.4) is 0 Å². The van der Waals surface area contributed by atoms with E-state index < -0.39 is 6.09 Å². The van der Waals surface area contributed by atoms with E-state index in [0.717, 1.165) is 12.0 Å². The number of hydrogen-bond acceptors (Lipinski definition) is 4. The number of nitrogens with one attached hydrogen (secondary N) is 3. The van der Waals surface area contributed by atoms with Gasteiger partial charge in [0.2, 0.25) is 0 Å². The number of aliphatic imine (C=N–C) groups is 1. The van der Waals surface area contributed by atoms with E-state index in [0.29, 0.717) is 31.6 Å². The number of carbonyl (C=O) groups excluding carboxylic acids is 1. The highest BCUT2D eigenvalue weighted by molar-refractivity contribution is 5.79. The molecule has 1 amide bonds. The van der Waals surface area contributed by atoms with Gasteiger partial charge in [-0.05, 0) is 24.8 Å². The fourth-order valence-corrected chi connectivity index (χ4v) is 2.78. The molecule has 0 saturated heterocycles. The summed E-state index contributed by atoms with van der Waals surface area (Å²) in [7, 11) is 1.70. The van der Waals surface area contributed by atoms with Gasteiger partial charge in [0.05, 0.1) is 13.2 Å². The normalized spacial score (nSPS) is 13.8. The zero-order valence-electron chi connectivity index (χ0n) is 16.9. The van der Waals surface area contributed by atoms with Gasteiger partial charge in [-0.3, -0.25) is 4.99 Å². The molecule has 0 saturated carbocycles. The Morgan fingerprint density at radius 1 is 1.19 bits per heavy atom. The molecule has 0 aliphatic rings. The van der Waals surface area contributed by atoms with Crippen molar-refractivity contribution in [3.8, 4) is 0 Å². The highest BCUT2D eigenvalue weighted by Gasteiger charge is 2.16. The molecule has 0 fully saturated rings. The minimum Gasteiger partial charge on any atom is -0.450 e. The van der Waals surface area contributed by atoms with Crippen LogP contribution in [0, 0.1) is 5.92 Å². The molecule has 2 atom stereocenters. The molecule has 0 bridgehead atoms. The van der Waals surface area contributed by atoms with Crippen molar-refractivity contribution in [3.63, 3.8) is 0 Å². The first-order valence-electron chi connectivity index (χ1n) is 9.53. The van der Waals surface area contributed by atoms with Gasteiger partial charge >= 0.3 is 6.09 Å². The maximum absolute atomic E-state index is 11.7. The van der Waals surface area contributed by atoms with E-state index in [-0.39, 0.29) is 18.6 Å². The quantitative estimate of drug-likeness (QED) is 0.369. The Bertz CT molecular complexity index is 564. The molecule has 4 N–H and O–H groups in total. The smallest absolute Gasteiger partial charge is 0.407 e. The van der Waals surface area contributed by atoms with Gasteiger partial charge < -0.3 is 25.8 Å². The van der Waals surface area contributed by atoms with Crippen LogP contribution >= 0.6 is 0 Å². The van der Waals surface area contributed by atoms with Gasteiger partial charge in [0, 0.05) is 32.1 Å². The second-order valence-electron chi connectivity index (χ2n) is 6.82. The SMILES string of the molecule is CCOC(=O)NC(CNC(=NC)NCC(CO)c1ccccc1)CC(C)C. The predicted octanol–water partition coefficient (Wildman–Crippen LogP) is 2.09. The maximum Gasteiger partial charge on any atom is 0.407 e. The second kappa shape index (κ2) is 13.0. The average molecular weight is 379 g/mol. The molecule has 1 rings (SSSR count). The second-order valence-corrected chi connectivity index (χ2v) is 6.82. The van der Waals surface area contributed by atoms with Gasteiger partial charge in [0.1, 0.15) is 0 Å². The molecule has 152 valence electrons. The summed E-state index contributed by atoms with van der Waals surface area (Å²) in [5, 5.41) is 19.0. The lowest BCUT2D eigenvalue weighted by molar-refractivity contribution is 0.146. The van der Waals surface area contributed by atoms with Crippen LogP contribution in [-0.2, 0) is 4.74 Å². The van der Waals surface area contributed by atoms with Crippen LogP contribution in [0.5, 0.6) is 0 Å². The van der Waals surface area contributed by atoms with Gasteiger partial charge in [0.25, 0.3) is 0 Å². The summed E-state index contributed by atoms with van der Waals surface area (Å²) in [4.78, 5) is 15.9. The van der Waals surface area contributed by atoms with E-state index in [1.165, 1.54) is 0 Å². The lowest BCUT2D eigenvalue weighted by atomic mass is 10.0. The molecule has 7 nitrogen and oxygen atoms in total. The Labute approximate surface area is 162 Å². The third kappa shape index (κ3) is 9.28. The number of carbonyl (C=O) groups is 1. The van der Waals surface area contributed by atoms with Crippen molar-refractivity contribution in [2.24, 2.45) is 10.9 Å². The number of rotatable bonds is 10. The zero-order valence-corrected chi connectivity index (χ0v) is 16.9. The fraction of sp³-hybridized carbons (Fsp3) is 0.600. The molecule has 0 spiro atoms. The molecule has 0 aliphatic heterocycles.